The second-order valence-electron chi connectivity index (χ2n) is 7.93. The Hall–Kier alpha value is -3.36. The van der Waals surface area contributed by atoms with Gasteiger partial charge in [0, 0.05) is 29.9 Å². The molecule has 0 fully saturated rings. The Balaban J connectivity index is 1.90. The lowest BCUT2D eigenvalue weighted by Gasteiger charge is -2.19. The third-order valence-electron chi connectivity index (χ3n) is 4.85. The lowest BCUT2D eigenvalue weighted by atomic mass is 10.0. The number of nitrogens with one attached hydrogen (secondary N) is 4. The monoisotopic (exact) mass is 429 g/mol. The minimum Gasteiger partial charge on any atom is -0.368 e. The summed E-state index contributed by atoms with van der Waals surface area (Å²) in [6.07, 6.45) is 2.71. The van der Waals surface area contributed by atoms with Crippen molar-refractivity contribution in [2.24, 2.45) is 11.7 Å². The van der Waals surface area contributed by atoms with E-state index in [1.165, 1.54) is 0 Å². The standard InChI is InChI=1S/C22H31N5O4/c1-4-16(26-19(28)9-13(2)3)22(31)25-12-20(29)27-18(21(23)30)10-14-11-24-17-8-6-5-7-15(14)17/h5-8,11,13,16,18,24H,4,9-10,12H2,1-3H3,(H2,23,30)(H,25,31)(H,26,28)(H,27,29)/t16-,18-/m0/s1. The summed E-state index contributed by atoms with van der Waals surface area (Å²) in [7, 11) is 0. The first-order chi connectivity index (χ1) is 14.7. The van der Waals surface area contributed by atoms with E-state index < -0.39 is 29.8 Å². The number of primary amides is 1. The summed E-state index contributed by atoms with van der Waals surface area (Å²) in [5.74, 6) is -1.71. The van der Waals surface area contributed by atoms with E-state index in [9.17, 15) is 19.2 Å². The molecule has 168 valence electrons. The first-order valence-electron chi connectivity index (χ1n) is 10.4. The summed E-state index contributed by atoms with van der Waals surface area (Å²) in [5, 5.41) is 8.68. The Morgan fingerprint density at radius 1 is 1.03 bits per heavy atom. The Morgan fingerprint density at radius 3 is 2.35 bits per heavy atom. The van der Waals surface area contributed by atoms with Gasteiger partial charge in [0.15, 0.2) is 0 Å². The van der Waals surface area contributed by atoms with Crippen molar-refractivity contribution in [3.63, 3.8) is 0 Å². The van der Waals surface area contributed by atoms with Crippen molar-refractivity contribution < 1.29 is 19.2 Å². The number of H-pyrrole nitrogens is 1. The highest BCUT2D eigenvalue weighted by atomic mass is 16.2. The minimum absolute atomic E-state index is 0.175. The molecule has 0 radical (unpaired) electrons. The van der Waals surface area contributed by atoms with E-state index in [0.29, 0.717) is 12.8 Å². The van der Waals surface area contributed by atoms with Gasteiger partial charge in [0.25, 0.3) is 0 Å². The van der Waals surface area contributed by atoms with E-state index >= 15 is 0 Å². The van der Waals surface area contributed by atoms with E-state index in [0.717, 1.165) is 16.5 Å². The molecule has 9 nitrogen and oxygen atoms in total. The zero-order valence-electron chi connectivity index (χ0n) is 18.2. The molecule has 0 saturated heterocycles. The first-order valence-corrected chi connectivity index (χ1v) is 10.4. The number of amides is 4. The van der Waals surface area contributed by atoms with Crippen LogP contribution in [0.3, 0.4) is 0 Å². The maximum Gasteiger partial charge on any atom is 0.243 e. The molecule has 0 aliphatic heterocycles. The molecule has 1 heterocycles. The van der Waals surface area contributed by atoms with Crippen LogP contribution in [0.25, 0.3) is 10.9 Å². The third-order valence-corrected chi connectivity index (χ3v) is 4.85. The van der Waals surface area contributed by atoms with Gasteiger partial charge in [-0.1, -0.05) is 39.0 Å². The molecule has 31 heavy (non-hydrogen) atoms. The van der Waals surface area contributed by atoms with E-state index in [4.69, 9.17) is 5.73 Å². The number of aromatic amines is 1. The molecule has 0 bridgehead atoms. The van der Waals surface area contributed by atoms with Crippen LogP contribution in [-0.2, 0) is 25.6 Å². The number of carbonyl (C=O) groups is 4. The third kappa shape index (κ3) is 7.13. The summed E-state index contributed by atoms with van der Waals surface area (Å²) in [6, 6.07) is 5.97. The smallest absolute Gasteiger partial charge is 0.243 e. The fourth-order valence-electron chi connectivity index (χ4n) is 3.26. The molecule has 9 heteroatoms. The number of benzene rings is 1. The average Bonchev–Trinajstić information content (AvgIpc) is 3.12. The Labute approximate surface area is 181 Å². The molecule has 2 aromatic rings. The van der Waals surface area contributed by atoms with Crippen LogP contribution >= 0.6 is 0 Å². The number of nitrogens with two attached hydrogens (primary N) is 1. The van der Waals surface area contributed by atoms with Crippen molar-refractivity contribution in [1.82, 2.24) is 20.9 Å². The molecule has 0 aliphatic rings. The fraction of sp³-hybridized carbons (Fsp3) is 0.455. The maximum absolute atomic E-state index is 12.3. The lowest BCUT2D eigenvalue weighted by Crippen LogP contribution is -2.52. The molecule has 1 aromatic heterocycles. The summed E-state index contributed by atoms with van der Waals surface area (Å²) >= 11 is 0. The molecular formula is C22H31N5O4. The summed E-state index contributed by atoms with van der Waals surface area (Å²) in [4.78, 5) is 51.5. The number of aromatic nitrogens is 1. The van der Waals surface area contributed by atoms with Crippen LogP contribution in [0.15, 0.2) is 30.5 Å². The zero-order chi connectivity index (χ0) is 23.0. The number of carbonyl (C=O) groups excluding carboxylic acids is 4. The van der Waals surface area contributed by atoms with Crippen LogP contribution in [0.1, 0.15) is 39.2 Å². The number of rotatable bonds is 11. The minimum atomic E-state index is -0.920. The van der Waals surface area contributed by atoms with Gasteiger partial charge in [-0.05, 0) is 24.0 Å². The van der Waals surface area contributed by atoms with E-state index in [1.807, 2.05) is 38.1 Å². The van der Waals surface area contributed by atoms with Crippen LogP contribution in [0.4, 0.5) is 0 Å². The van der Waals surface area contributed by atoms with Crippen molar-refractivity contribution in [3.8, 4) is 0 Å². The quantitative estimate of drug-likeness (QED) is 0.358. The van der Waals surface area contributed by atoms with Gasteiger partial charge in [-0.25, -0.2) is 0 Å². The van der Waals surface area contributed by atoms with Crippen molar-refractivity contribution in [2.75, 3.05) is 6.54 Å². The van der Waals surface area contributed by atoms with Crippen LogP contribution in [0.2, 0.25) is 0 Å². The van der Waals surface area contributed by atoms with Crippen molar-refractivity contribution >= 4 is 34.5 Å². The van der Waals surface area contributed by atoms with Gasteiger partial charge in [0.2, 0.25) is 23.6 Å². The van der Waals surface area contributed by atoms with Crippen molar-refractivity contribution in [2.45, 2.75) is 52.1 Å². The highest BCUT2D eigenvalue weighted by molar-refractivity contribution is 5.92. The van der Waals surface area contributed by atoms with E-state index in [1.54, 1.807) is 13.1 Å². The Morgan fingerprint density at radius 2 is 1.71 bits per heavy atom. The largest absolute Gasteiger partial charge is 0.368 e. The molecular weight excluding hydrogens is 398 g/mol. The van der Waals surface area contributed by atoms with Gasteiger partial charge in [-0.3, -0.25) is 19.2 Å². The highest BCUT2D eigenvalue weighted by Gasteiger charge is 2.23. The van der Waals surface area contributed by atoms with Gasteiger partial charge in [0.1, 0.15) is 12.1 Å². The predicted octanol–water partition coefficient (Wildman–Crippen LogP) is 0.738. The van der Waals surface area contributed by atoms with E-state index in [2.05, 4.69) is 20.9 Å². The fourth-order valence-corrected chi connectivity index (χ4v) is 3.26. The molecule has 0 unspecified atom stereocenters. The molecule has 2 rings (SSSR count). The molecule has 0 saturated carbocycles. The number of hydrogen-bond donors (Lipinski definition) is 5. The molecule has 0 spiro atoms. The van der Waals surface area contributed by atoms with Crippen molar-refractivity contribution in [3.05, 3.63) is 36.0 Å². The molecule has 1 aromatic carbocycles. The van der Waals surface area contributed by atoms with Crippen LogP contribution < -0.4 is 21.7 Å². The SMILES string of the molecule is CC[C@H](NC(=O)CC(C)C)C(=O)NCC(=O)N[C@@H](Cc1c[nH]c2ccccc12)C(N)=O. The Kier molecular flexibility index (Phi) is 8.60. The van der Waals surface area contributed by atoms with Gasteiger partial charge < -0.3 is 26.7 Å². The van der Waals surface area contributed by atoms with Gasteiger partial charge in [0.05, 0.1) is 6.54 Å². The summed E-state index contributed by atoms with van der Waals surface area (Å²) in [5.41, 5.74) is 7.24. The predicted molar refractivity (Wildman–Crippen MR) is 118 cm³/mol. The lowest BCUT2D eigenvalue weighted by molar-refractivity contribution is -0.131. The second-order valence-corrected chi connectivity index (χ2v) is 7.93. The number of hydrogen-bond acceptors (Lipinski definition) is 4. The van der Waals surface area contributed by atoms with Gasteiger partial charge in [-0.2, -0.15) is 0 Å². The average molecular weight is 430 g/mol. The summed E-state index contributed by atoms with van der Waals surface area (Å²) < 4.78 is 0. The van der Waals surface area contributed by atoms with E-state index in [-0.39, 0.29) is 24.8 Å². The van der Waals surface area contributed by atoms with Crippen LogP contribution in [0, 0.1) is 5.92 Å². The Bertz CT molecular complexity index is 937. The summed E-state index contributed by atoms with van der Waals surface area (Å²) in [6.45, 7) is 5.27. The molecule has 6 N–H and O–H groups in total. The van der Waals surface area contributed by atoms with Crippen LogP contribution in [-0.4, -0.2) is 47.2 Å². The molecule has 2 atom stereocenters. The molecule has 0 aliphatic carbocycles. The van der Waals surface area contributed by atoms with Crippen molar-refractivity contribution in [1.29, 1.82) is 0 Å². The number of para-hydroxylation sites is 1. The maximum atomic E-state index is 12.3. The van der Waals surface area contributed by atoms with Crippen LogP contribution in [0.5, 0.6) is 0 Å². The van der Waals surface area contributed by atoms with Gasteiger partial charge in [-0.15, -0.1) is 0 Å². The topological polar surface area (TPSA) is 146 Å². The van der Waals surface area contributed by atoms with Gasteiger partial charge >= 0.3 is 0 Å². The first kappa shape index (κ1) is 23.9. The zero-order valence-corrected chi connectivity index (χ0v) is 18.2. The molecule has 4 amide bonds. The second kappa shape index (κ2) is 11.1. The normalized spacial score (nSPS) is 12.9. The number of fused-ring (bicyclic) bond motifs is 1. The highest BCUT2D eigenvalue weighted by Crippen LogP contribution is 2.19.